The van der Waals surface area contributed by atoms with Gasteiger partial charge in [-0.05, 0) is 36.8 Å². The van der Waals surface area contributed by atoms with Crippen molar-refractivity contribution in [3.8, 4) is 0 Å². The summed E-state index contributed by atoms with van der Waals surface area (Å²) in [5.41, 5.74) is 1.02. The molecule has 0 aliphatic carbocycles. The molecule has 0 saturated carbocycles. The van der Waals surface area contributed by atoms with Crippen LogP contribution in [-0.2, 0) is 9.84 Å². The van der Waals surface area contributed by atoms with Crippen LogP contribution in [-0.4, -0.2) is 31.9 Å². The number of benzene rings is 2. The largest absolute Gasteiger partial charge is 0.478 e. The smallest absolute Gasteiger partial charge is 0.335 e. The number of rotatable bonds is 4. The summed E-state index contributed by atoms with van der Waals surface area (Å²) in [6.07, 6.45) is 0.677. The molecule has 0 amide bonds. The highest BCUT2D eigenvalue weighted by molar-refractivity contribution is 7.92. The minimum atomic E-state index is -3.75. The Morgan fingerprint density at radius 2 is 1.78 bits per heavy atom. The summed E-state index contributed by atoms with van der Waals surface area (Å²) in [6.45, 7) is 0.551. The summed E-state index contributed by atoms with van der Waals surface area (Å²) in [5, 5.41) is 9.13. The predicted octanol–water partition coefficient (Wildman–Crippen LogP) is 3.30. The summed E-state index contributed by atoms with van der Waals surface area (Å²) < 4.78 is 25.7. The highest BCUT2D eigenvalue weighted by atomic mass is 35.5. The maximum absolute atomic E-state index is 12.8. The fraction of sp³-hybridized carbons (Fsp3) is 0.188. The molecule has 2 aromatic carbocycles. The van der Waals surface area contributed by atoms with Crippen LogP contribution in [0.15, 0.2) is 52.3 Å². The van der Waals surface area contributed by atoms with Crippen LogP contribution >= 0.6 is 11.6 Å². The van der Waals surface area contributed by atoms with Crippen LogP contribution in [0.1, 0.15) is 16.8 Å². The summed E-state index contributed by atoms with van der Waals surface area (Å²) in [7, 11) is -3.75. The molecule has 1 heterocycles. The van der Waals surface area contributed by atoms with E-state index < -0.39 is 15.8 Å². The lowest BCUT2D eigenvalue weighted by atomic mass is 10.1. The van der Waals surface area contributed by atoms with Crippen molar-refractivity contribution in [2.45, 2.75) is 16.2 Å². The first kappa shape index (κ1) is 15.8. The second-order valence-corrected chi connectivity index (χ2v) is 7.42. The van der Waals surface area contributed by atoms with Crippen LogP contribution in [0, 0.1) is 0 Å². The summed E-state index contributed by atoms with van der Waals surface area (Å²) in [5.74, 6) is -0.706. The Kier molecular flexibility index (Phi) is 4.04. The number of para-hydroxylation sites is 1. The maximum atomic E-state index is 12.8. The van der Waals surface area contributed by atoms with Crippen LogP contribution in [0.5, 0.6) is 0 Å². The Bertz CT molecular complexity index is 879. The van der Waals surface area contributed by atoms with Crippen LogP contribution in [0.25, 0.3) is 0 Å². The van der Waals surface area contributed by atoms with Gasteiger partial charge in [-0.25, -0.2) is 13.2 Å². The topological polar surface area (TPSA) is 74.7 Å². The second-order valence-electron chi connectivity index (χ2n) is 5.15. The van der Waals surface area contributed by atoms with E-state index in [0.717, 1.165) is 0 Å². The number of carboxylic acid groups (broad SMARTS) is 1. The van der Waals surface area contributed by atoms with Gasteiger partial charge in [0.05, 0.1) is 26.7 Å². The third-order valence-corrected chi connectivity index (χ3v) is 5.85. The van der Waals surface area contributed by atoms with Gasteiger partial charge in [0, 0.05) is 12.4 Å². The van der Waals surface area contributed by atoms with Crippen molar-refractivity contribution in [1.82, 2.24) is 0 Å². The van der Waals surface area contributed by atoms with Crippen molar-refractivity contribution in [2.75, 3.05) is 17.3 Å². The molecule has 1 N–H and O–H groups in total. The van der Waals surface area contributed by atoms with E-state index in [2.05, 4.69) is 0 Å². The van der Waals surface area contributed by atoms with E-state index in [9.17, 15) is 13.2 Å². The summed E-state index contributed by atoms with van der Waals surface area (Å²) in [4.78, 5) is 13.2. The number of anilines is 2. The molecule has 120 valence electrons. The van der Waals surface area contributed by atoms with Crippen molar-refractivity contribution in [2.24, 2.45) is 0 Å². The number of aromatic carboxylic acids is 1. The van der Waals surface area contributed by atoms with E-state index in [-0.39, 0.29) is 15.4 Å². The van der Waals surface area contributed by atoms with E-state index >= 15 is 0 Å². The Labute approximate surface area is 139 Å². The lowest BCUT2D eigenvalue weighted by Crippen LogP contribution is -2.27. The fourth-order valence-electron chi connectivity index (χ4n) is 2.70. The first-order chi connectivity index (χ1) is 11.0. The molecule has 23 heavy (non-hydrogen) atoms. The normalized spacial score (nSPS) is 14.9. The molecule has 0 fully saturated rings. The predicted molar refractivity (Wildman–Crippen MR) is 87.6 cm³/mol. The van der Waals surface area contributed by atoms with Gasteiger partial charge in [-0.1, -0.05) is 12.1 Å². The Morgan fingerprint density at radius 3 is 2.48 bits per heavy atom. The van der Waals surface area contributed by atoms with Crippen molar-refractivity contribution >= 4 is 38.8 Å². The Hall–Kier alpha value is -2.05. The van der Waals surface area contributed by atoms with E-state index in [0.29, 0.717) is 30.2 Å². The third-order valence-electron chi connectivity index (χ3n) is 3.75. The molecule has 0 unspecified atom stereocenters. The molecule has 7 heteroatoms. The third kappa shape index (κ3) is 2.58. The molecule has 0 aromatic heterocycles. The van der Waals surface area contributed by atoms with Crippen LogP contribution in [0.4, 0.5) is 11.4 Å². The average Bonchev–Trinajstić information content (AvgIpc) is 2.54. The molecule has 1 aliphatic rings. The molecule has 1 aliphatic heterocycles. The molecule has 0 radical (unpaired) electrons. The van der Waals surface area contributed by atoms with Gasteiger partial charge < -0.3 is 10.0 Å². The van der Waals surface area contributed by atoms with Crippen molar-refractivity contribution in [1.29, 1.82) is 0 Å². The first-order valence-electron chi connectivity index (χ1n) is 7.02. The number of hydrogen-bond donors (Lipinski definition) is 1. The van der Waals surface area contributed by atoms with Gasteiger partial charge in [-0.15, -0.1) is 11.6 Å². The van der Waals surface area contributed by atoms with Crippen LogP contribution in [0.3, 0.4) is 0 Å². The van der Waals surface area contributed by atoms with Gasteiger partial charge >= 0.3 is 5.97 Å². The molecule has 2 aromatic rings. The number of hydrogen-bond acceptors (Lipinski definition) is 4. The number of fused-ring (bicyclic) bond motifs is 2. The van der Waals surface area contributed by atoms with Crippen molar-refractivity contribution < 1.29 is 18.3 Å². The molecule has 5 nitrogen and oxygen atoms in total. The lowest BCUT2D eigenvalue weighted by Gasteiger charge is -2.33. The summed E-state index contributed by atoms with van der Waals surface area (Å²) >= 11 is 5.78. The summed E-state index contributed by atoms with van der Waals surface area (Å²) in [6, 6.07) is 10.9. The zero-order chi connectivity index (χ0) is 16.6. The van der Waals surface area contributed by atoms with Crippen molar-refractivity contribution in [3.05, 3.63) is 48.0 Å². The highest BCUT2D eigenvalue weighted by Gasteiger charge is 2.34. The van der Waals surface area contributed by atoms with E-state index in [1.807, 2.05) is 4.90 Å². The van der Waals surface area contributed by atoms with E-state index in [1.54, 1.807) is 24.3 Å². The lowest BCUT2D eigenvalue weighted by molar-refractivity contribution is 0.0696. The number of halogens is 1. The van der Waals surface area contributed by atoms with Gasteiger partial charge in [-0.3, -0.25) is 0 Å². The molecular weight excluding hydrogens is 338 g/mol. The molecule has 0 spiro atoms. The van der Waals surface area contributed by atoms with Gasteiger partial charge in [0.2, 0.25) is 9.84 Å². The Balaban J connectivity index is 2.26. The molecule has 0 saturated heterocycles. The average molecular weight is 352 g/mol. The van der Waals surface area contributed by atoms with Gasteiger partial charge in [0.1, 0.15) is 0 Å². The van der Waals surface area contributed by atoms with Gasteiger partial charge in [-0.2, -0.15) is 0 Å². The number of alkyl halides is 1. The van der Waals surface area contributed by atoms with Crippen LogP contribution in [0.2, 0.25) is 0 Å². The quantitative estimate of drug-likeness (QED) is 0.855. The number of sulfone groups is 1. The SMILES string of the molecule is O=C(O)c1ccc2c(c1)S(=O)(=O)c1ccccc1N2CCCCl. The zero-order valence-corrected chi connectivity index (χ0v) is 13.6. The minimum absolute atomic E-state index is 0.0191. The second kappa shape index (κ2) is 5.86. The number of carbonyl (C=O) groups is 1. The van der Waals surface area contributed by atoms with E-state index in [4.69, 9.17) is 16.7 Å². The highest BCUT2D eigenvalue weighted by Crippen LogP contribution is 2.44. The first-order valence-corrected chi connectivity index (χ1v) is 9.03. The zero-order valence-electron chi connectivity index (χ0n) is 12.1. The molecular formula is C16H14ClNO4S. The van der Waals surface area contributed by atoms with E-state index in [1.165, 1.54) is 18.2 Å². The van der Waals surface area contributed by atoms with Gasteiger partial charge in [0.25, 0.3) is 0 Å². The molecule has 3 rings (SSSR count). The fourth-order valence-corrected chi connectivity index (χ4v) is 4.50. The monoisotopic (exact) mass is 351 g/mol. The number of nitrogens with zero attached hydrogens (tertiary/aromatic N) is 1. The number of carboxylic acids is 1. The van der Waals surface area contributed by atoms with Crippen LogP contribution < -0.4 is 4.90 Å². The Morgan fingerprint density at radius 1 is 1.09 bits per heavy atom. The van der Waals surface area contributed by atoms with Gasteiger partial charge in [0.15, 0.2) is 0 Å². The minimum Gasteiger partial charge on any atom is -0.478 e. The standard InChI is InChI=1S/C16H14ClNO4S/c17-8-3-9-18-12-4-1-2-5-14(12)23(21,22)15-10-11(16(19)20)6-7-13(15)18/h1-2,4-7,10H,3,8-9H2,(H,19,20). The molecule has 0 atom stereocenters. The molecule has 0 bridgehead atoms. The maximum Gasteiger partial charge on any atom is 0.335 e. The van der Waals surface area contributed by atoms with Crippen molar-refractivity contribution in [3.63, 3.8) is 0 Å².